The van der Waals surface area contributed by atoms with Gasteiger partial charge in [-0.15, -0.1) is 0 Å². The number of nitrogens with zero attached hydrogens (tertiary/aromatic N) is 1. The predicted octanol–water partition coefficient (Wildman–Crippen LogP) is -2.16. The van der Waals surface area contributed by atoms with Gasteiger partial charge in [-0.3, -0.25) is 19.2 Å². The first-order valence-electron chi connectivity index (χ1n) is 22.0. The van der Waals surface area contributed by atoms with Gasteiger partial charge in [0.2, 0.25) is 17.7 Å². The van der Waals surface area contributed by atoms with Gasteiger partial charge < -0.3 is 81.2 Å². The molecule has 0 bridgehead atoms. The molecule has 21 heteroatoms. The van der Waals surface area contributed by atoms with E-state index in [4.69, 9.17) is 19.7 Å². The number of likely N-dealkylation sites (tertiary alicyclic amines) is 1. The normalized spacial score (nSPS) is 19.6. The second-order valence-corrected chi connectivity index (χ2v) is 16.1. The molecular formula is C41H77N3O17Y. The standard InChI is InChI=1S/C41H77N3O17.Y/c1-27-24-28(26-47)44(25-27)35(53)16-5-3-2-4-13-30(48)29(43-34(52)15-8-11-23-61-41(59)39(57)37(55)32(50)18-21-46)12-6-9-19-42-33(51)14-7-10-22-60-40(58)38(56)36(54)31(49)17-20-45;/h27-29,31-32,36-41,45-47,49-50,54-59H,2-26H2,1H3,(H,42,51)(H,43,52);/t27-,28+,29-,31?,32?,36?,37?,38?,39?,40?,41?;/m1./s1. The van der Waals surface area contributed by atoms with E-state index >= 15 is 0 Å². The molecule has 13 N–H and O–H groups in total. The maximum atomic E-state index is 13.3. The van der Waals surface area contributed by atoms with E-state index in [0.29, 0.717) is 83.2 Å². The van der Waals surface area contributed by atoms with Gasteiger partial charge in [0.1, 0.15) is 24.4 Å². The molecule has 0 saturated carbocycles. The number of amides is 3. The van der Waals surface area contributed by atoms with Crippen LogP contribution in [0.25, 0.3) is 0 Å². The number of aliphatic hydroxyl groups excluding tert-OH is 11. The fourth-order valence-electron chi connectivity index (χ4n) is 7.03. The number of unbranched alkanes of at least 4 members (excludes halogenated alkanes) is 6. The van der Waals surface area contributed by atoms with E-state index < -0.39 is 68.5 Å². The van der Waals surface area contributed by atoms with Crippen LogP contribution in [0.2, 0.25) is 0 Å². The van der Waals surface area contributed by atoms with Crippen molar-refractivity contribution in [1.82, 2.24) is 15.5 Å². The van der Waals surface area contributed by atoms with E-state index in [1.165, 1.54) is 0 Å². The summed E-state index contributed by atoms with van der Waals surface area (Å²) in [6.45, 7) is 2.05. The Bertz CT molecular complexity index is 1210. The van der Waals surface area contributed by atoms with E-state index in [1.807, 2.05) is 0 Å². The van der Waals surface area contributed by atoms with E-state index in [2.05, 4.69) is 17.6 Å². The number of hydrogen-bond donors (Lipinski definition) is 13. The summed E-state index contributed by atoms with van der Waals surface area (Å²) >= 11 is 0. The summed E-state index contributed by atoms with van der Waals surface area (Å²) in [5.74, 6) is -0.349. The van der Waals surface area contributed by atoms with Crippen molar-refractivity contribution in [2.45, 2.75) is 184 Å². The van der Waals surface area contributed by atoms with Crippen molar-refractivity contribution < 1.29 is 118 Å². The SMILES string of the molecule is C[C@@H]1C[C@@H](CO)N(C(=O)CCCCCCC(=O)[C@@H](CCCCNC(=O)CCCCOC(O)C(O)C(O)C(O)CCO)NC(=O)CCCCOC(O)C(O)C(O)C(O)CCO)C1.[Y]. The number of ketones is 1. The van der Waals surface area contributed by atoms with Gasteiger partial charge in [-0.1, -0.05) is 19.8 Å². The smallest absolute Gasteiger partial charge is 0.222 e. The molecule has 1 heterocycles. The van der Waals surface area contributed by atoms with Crippen molar-refractivity contribution in [2.24, 2.45) is 5.92 Å². The molecule has 11 atom stereocenters. The maximum absolute atomic E-state index is 13.3. The minimum Gasteiger partial charge on any atom is -0.396 e. The number of ether oxygens (including phenoxy) is 2. The van der Waals surface area contributed by atoms with Crippen molar-refractivity contribution >= 4 is 23.5 Å². The fraction of sp³-hybridized carbons (Fsp3) is 0.902. The van der Waals surface area contributed by atoms with Gasteiger partial charge in [-0.25, -0.2) is 0 Å². The molecule has 1 rings (SSSR count). The van der Waals surface area contributed by atoms with Crippen LogP contribution in [-0.2, 0) is 61.4 Å². The zero-order valence-corrected chi connectivity index (χ0v) is 39.3. The Balaban J connectivity index is 0.0000372. The van der Waals surface area contributed by atoms with Gasteiger partial charge in [0.15, 0.2) is 18.4 Å². The van der Waals surface area contributed by atoms with E-state index in [-0.39, 0.29) is 114 Å². The maximum Gasteiger partial charge on any atom is 0.222 e. The third-order valence-electron chi connectivity index (χ3n) is 10.8. The molecule has 8 unspecified atom stereocenters. The van der Waals surface area contributed by atoms with Gasteiger partial charge in [-0.05, 0) is 83.0 Å². The molecule has 1 fully saturated rings. The summed E-state index contributed by atoms with van der Waals surface area (Å²) in [6, 6.07) is -0.891. The molecule has 0 spiro atoms. The molecule has 0 aromatic carbocycles. The largest absolute Gasteiger partial charge is 0.396 e. The van der Waals surface area contributed by atoms with E-state index in [0.717, 1.165) is 19.3 Å². The van der Waals surface area contributed by atoms with E-state index in [9.17, 15) is 65.1 Å². The van der Waals surface area contributed by atoms with Crippen LogP contribution in [0.15, 0.2) is 0 Å². The molecule has 3 amide bonds. The Morgan fingerprint density at radius 2 is 1.11 bits per heavy atom. The minimum absolute atomic E-state index is 0. The summed E-state index contributed by atoms with van der Waals surface area (Å²) in [5.41, 5.74) is 0. The summed E-state index contributed by atoms with van der Waals surface area (Å²) in [5, 5.41) is 112. The Labute approximate surface area is 390 Å². The zero-order chi connectivity index (χ0) is 45.7. The molecule has 1 radical (unpaired) electrons. The quantitative estimate of drug-likeness (QED) is 0.0233. The average Bonchev–Trinajstić information content (AvgIpc) is 3.63. The van der Waals surface area contributed by atoms with Crippen LogP contribution in [-0.4, -0.2) is 192 Å². The molecule has 361 valence electrons. The number of carbonyl (C=O) groups excluding carboxylic acids is 4. The molecule has 62 heavy (non-hydrogen) atoms. The van der Waals surface area contributed by atoms with Crippen molar-refractivity contribution in [3.63, 3.8) is 0 Å². The first-order valence-corrected chi connectivity index (χ1v) is 22.0. The predicted molar refractivity (Wildman–Crippen MR) is 219 cm³/mol. The van der Waals surface area contributed by atoms with Gasteiger partial charge in [0.05, 0.1) is 30.9 Å². The van der Waals surface area contributed by atoms with E-state index in [1.54, 1.807) is 4.90 Å². The van der Waals surface area contributed by atoms with Crippen molar-refractivity contribution in [3.8, 4) is 0 Å². The topological polar surface area (TPSA) is 337 Å². The monoisotopic (exact) mass is 972 g/mol. The number of rotatable bonds is 37. The van der Waals surface area contributed by atoms with Gasteiger partial charge in [-0.2, -0.15) is 0 Å². The van der Waals surface area contributed by atoms with Crippen molar-refractivity contribution in [1.29, 1.82) is 0 Å². The fourth-order valence-corrected chi connectivity index (χ4v) is 7.03. The van der Waals surface area contributed by atoms with Crippen molar-refractivity contribution in [2.75, 3.05) is 46.1 Å². The van der Waals surface area contributed by atoms with Gasteiger partial charge in [0, 0.05) is 97.9 Å². The summed E-state index contributed by atoms with van der Waals surface area (Å²) < 4.78 is 10.2. The number of nitrogens with one attached hydrogen (secondary N) is 2. The van der Waals surface area contributed by atoms with Gasteiger partial charge in [0.25, 0.3) is 0 Å². The molecule has 1 aliphatic rings. The Morgan fingerprint density at radius 3 is 1.63 bits per heavy atom. The van der Waals surface area contributed by atoms with Crippen LogP contribution in [0.4, 0.5) is 0 Å². The number of carbonyl (C=O) groups is 4. The van der Waals surface area contributed by atoms with Crippen LogP contribution in [0.3, 0.4) is 0 Å². The zero-order valence-electron chi connectivity index (χ0n) is 36.4. The van der Waals surface area contributed by atoms with Crippen molar-refractivity contribution in [3.05, 3.63) is 0 Å². The molecular weight excluding hydrogens is 895 g/mol. The number of aliphatic hydroxyl groups is 11. The van der Waals surface area contributed by atoms with Crippen LogP contribution < -0.4 is 10.6 Å². The van der Waals surface area contributed by atoms with Crippen LogP contribution >= 0.6 is 0 Å². The summed E-state index contributed by atoms with van der Waals surface area (Å²) in [4.78, 5) is 52.9. The Kier molecular flexibility index (Phi) is 35.1. The average molecular weight is 973 g/mol. The summed E-state index contributed by atoms with van der Waals surface area (Å²) in [6.07, 6.45) is -6.87. The third kappa shape index (κ3) is 25.4. The molecule has 1 saturated heterocycles. The van der Waals surface area contributed by atoms with Gasteiger partial charge >= 0.3 is 0 Å². The molecule has 0 aliphatic carbocycles. The Hall–Kier alpha value is -1.34. The molecule has 0 aromatic heterocycles. The first-order chi connectivity index (χ1) is 29.1. The van der Waals surface area contributed by atoms with Crippen LogP contribution in [0.5, 0.6) is 0 Å². The van der Waals surface area contributed by atoms with Crippen LogP contribution in [0, 0.1) is 5.92 Å². The second kappa shape index (κ2) is 35.9. The molecule has 20 nitrogen and oxygen atoms in total. The van der Waals surface area contributed by atoms with Crippen LogP contribution in [0.1, 0.15) is 122 Å². The number of Topliss-reactive ketones (excluding diaryl/α,β-unsaturated/α-hetero) is 1. The molecule has 1 aliphatic heterocycles. The Morgan fingerprint density at radius 1 is 0.613 bits per heavy atom. The summed E-state index contributed by atoms with van der Waals surface area (Å²) in [7, 11) is 0. The third-order valence-corrected chi connectivity index (χ3v) is 10.8. The first kappa shape index (κ1) is 60.7. The molecule has 0 aromatic rings. The minimum atomic E-state index is -1.82. The second-order valence-electron chi connectivity index (χ2n) is 16.1. The number of hydrogen-bond acceptors (Lipinski definition) is 17.